The number of rotatable bonds is 4. The van der Waals surface area contributed by atoms with Gasteiger partial charge < -0.3 is 15.2 Å². The molecule has 82 valence electrons. The highest BCUT2D eigenvalue weighted by Gasteiger charge is 2.32. The Labute approximate surface area is 88.6 Å². The fraction of sp³-hybridized carbons (Fsp3) is 0.889. The maximum absolute atomic E-state index is 11.3. The third-order valence-electron chi connectivity index (χ3n) is 2.35. The molecule has 2 N–H and O–H groups in total. The average Bonchev–Trinajstić information content (AvgIpc) is 2.61. The summed E-state index contributed by atoms with van der Waals surface area (Å²) in [6.45, 7) is 2.84. The second-order valence-electron chi connectivity index (χ2n) is 3.80. The quantitative estimate of drug-likeness (QED) is 0.664. The SMILES string of the molecule is CC(CCl)C(=O)NCC1(O)CCOC1. The maximum atomic E-state index is 11.3. The molecule has 0 aromatic rings. The maximum Gasteiger partial charge on any atom is 0.224 e. The van der Waals surface area contributed by atoms with Gasteiger partial charge >= 0.3 is 0 Å². The number of hydrogen-bond acceptors (Lipinski definition) is 3. The average molecular weight is 222 g/mol. The molecule has 0 radical (unpaired) electrons. The molecule has 0 saturated carbocycles. The van der Waals surface area contributed by atoms with Crippen LogP contribution in [0.1, 0.15) is 13.3 Å². The summed E-state index contributed by atoms with van der Waals surface area (Å²) >= 11 is 5.53. The van der Waals surface area contributed by atoms with Crippen LogP contribution in [0.15, 0.2) is 0 Å². The highest BCUT2D eigenvalue weighted by Crippen LogP contribution is 2.17. The number of nitrogens with one attached hydrogen (secondary N) is 1. The van der Waals surface area contributed by atoms with Crippen molar-refractivity contribution >= 4 is 17.5 Å². The largest absolute Gasteiger partial charge is 0.386 e. The standard InChI is InChI=1S/C9H16ClNO3/c1-7(4-10)8(12)11-5-9(13)2-3-14-6-9/h7,13H,2-6H2,1H3,(H,11,12). The van der Waals surface area contributed by atoms with Crippen molar-refractivity contribution in [3.8, 4) is 0 Å². The van der Waals surface area contributed by atoms with Crippen molar-refractivity contribution < 1.29 is 14.6 Å². The minimum Gasteiger partial charge on any atom is -0.386 e. The molecule has 5 heteroatoms. The zero-order chi connectivity index (χ0) is 10.6. The summed E-state index contributed by atoms with van der Waals surface area (Å²) in [7, 11) is 0. The molecule has 0 aliphatic carbocycles. The van der Waals surface area contributed by atoms with E-state index in [-0.39, 0.29) is 18.4 Å². The van der Waals surface area contributed by atoms with Gasteiger partial charge in [-0.25, -0.2) is 0 Å². The molecule has 0 aromatic heterocycles. The Morgan fingerprint density at radius 2 is 2.50 bits per heavy atom. The van der Waals surface area contributed by atoms with Gasteiger partial charge in [0, 0.05) is 31.4 Å². The lowest BCUT2D eigenvalue weighted by molar-refractivity contribution is -0.125. The first-order valence-corrected chi connectivity index (χ1v) is 5.25. The zero-order valence-electron chi connectivity index (χ0n) is 8.25. The van der Waals surface area contributed by atoms with Crippen molar-refractivity contribution in [2.75, 3.05) is 25.6 Å². The van der Waals surface area contributed by atoms with Crippen LogP contribution in [0, 0.1) is 5.92 Å². The van der Waals surface area contributed by atoms with Gasteiger partial charge in [0.05, 0.1) is 6.61 Å². The Kier molecular flexibility index (Phi) is 4.16. The summed E-state index contributed by atoms with van der Waals surface area (Å²) in [5, 5.41) is 12.5. The normalized spacial score (nSPS) is 28.8. The van der Waals surface area contributed by atoms with Gasteiger partial charge in [0.25, 0.3) is 0 Å². The predicted octanol–water partition coefficient (Wildman–Crippen LogP) is 0.129. The molecule has 1 amide bonds. The monoisotopic (exact) mass is 221 g/mol. The first kappa shape index (κ1) is 11.8. The Morgan fingerprint density at radius 3 is 3.00 bits per heavy atom. The van der Waals surface area contributed by atoms with Gasteiger partial charge in [-0.1, -0.05) is 6.92 Å². The van der Waals surface area contributed by atoms with Crippen molar-refractivity contribution in [2.45, 2.75) is 18.9 Å². The van der Waals surface area contributed by atoms with E-state index in [2.05, 4.69) is 5.32 Å². The van der Waals surface area contributed by atoms with Gasteiger partial charge in [0.15, 0.2) is 0 Å². The number of amides is 1. The van der Waals surface area contributed by atoms with Crippen molar-refractivity contribution in [3.63, 3.8) is 0 Å². The van der Waals surface area contributed by atoms with Crippen molar-refractivity contribution in [1.29, 1.82) is 0 Å². The second kappa shape index (κ2) is 4.96. The van der Waals surface area contributed by atoms with Crippen LogP contribution in [0.5, 0.6) is 0 Å². The third kappa shape index (κ3) is 3.12. The molecule has 1 heterocycles. The fourth-order valence-corrected chi connectivity index (χ4v) is 1.37. The molecular weight excluding hydrogens is 206 g/mol. The van der Waals surface area contributed by atoms with E-state index in [9.17, 15) is 9.90 Å². The van der Waals surface area contributed by atoms with E-state index >= 15 is 0 Å². The van der Waals surface area contributed by atoms with Crippen LogP contribution in [0.25, 0.3) is 0 Å². The Hall–Kier alpha value is -0.320. The molecule has 1 aliphatic rings. The molecule has 4 nitrogen and oxygen atoms in total. The van der Waals surface area contributed by atoms with E-state index < -0.39 is 5.60 Å². The zero-order valence-corrected chi connectivity index (χ0v) is 9.01. The van der Waals surface area contributed by atoms with Gasteiger partial charge in [-0.15, -0.1) is 11.6 Å². The Bertz CT molecular complexity index is 204. The van der Waals surface area contributed by atoms with Gasteiger partial charge in [0.1, 0.15) is 5.60 Å². The van der Waals surface area contributed by atoms with Crippen LogP contribution in [0.3, 0.4) is 0 Å². The summed E-state index contributed by atoms with van der Waals surface area (Å²) in [6.07, 6.45) is 0.572. The number of carbonyl (C=O) groups excluding carboxylic acids is 1. The van der Waals surface area contributed by atoms with Crippen molar-refractivity contribution in [3.05, 3.63) is 0 Å². The first-order chi connectivity index (χ1) is 6.57. The summed E-state index contributed by atoms with van der Waals surface area (Å²) < 4.78 is 5.05. The van der Waals surface area contributed by atoms with E-state index in [4.69, 9.17) is 16.3 Å². The fourth-order valence-electron chi connectivity index (χ4n) is 1.23. The van der Waals surface area contributed by atoms with Crippen molar-refractivity contribution in [1.82, 2.24) is 5.32 Å². The summed E-state index contributed by atoms with van der Waals surface area (Å²) in [5.41, 5.74) is -0.887. The van der Waals surface area contributed by atoms with Gasteiger partial charge in [0.2, 0.25) is 5.91 Å². The number of carbonyl (C=O) groups is 1. The third-order valence-corrected chi connectivity index (χ3v) is 2.82. The summed E-state index contributed by atoms with van der Waals surface area (Å²) in [4.78, 5) is 11.3. The number of hydrogen-bond donors (Lipinski definition) is 2. The predicted molar refractivity (Wildman–Crippen MR) is 53.3 cm³/mol. The molecule has 1 fully saturated rings. The summed E-state index contributed by atoms with van der Waals surface area (Å²) in [5.74, 6) is -0.0521. The van der Waals surface area contributed by atoms with Gasteiger partial charge in [-0.3, -0.25) is 4.79 Å². The lowest BCUT2D eigenvalue weighted by atomic mass is 10.0. The molecule has 0 spiro atoms. The molecule has 0 bridgehead atoms. The lowest BCUT2D eigenvalue weighted by Crippen LogP contribution is -2.45. The minimum atomic E-state index is -0.887. The number of halogens is 1. The van der Waals surface area contributed by atoms with Crippen LogP contribution in [-0.2, 0) is 9.53 Å². The Balaban J connectivity index is 2.29. The van der Waals surface area contributed by atoms with Crippen LogP contribution in [0.2, 0.25) is 0 Å². The number of aliphatic hydroxyl groups is 1. The molecule has 2 unspecified atom stereocenters. The second-order valence-corrected chi connectivity index (χ2v) is 4.11. The summed E-state index contributed by atoms with van der Waals surface area (Å²) in [6, 6.07) is 0. The molecule has 14 heavy (non-hydrogen) atoms. The van der Waals surface area contributed by atoms with Crippen LogP contribution in [0.4, 0.5) is 0 Å². The van der Waals surface area contributed by atoms with E-state index in [1.54, 1.807) is 6.92 Å². The molecular formula is C9H16ClNO3. The number of ether oxygens (including phenoxy) is 1. The highest BCUT2D eigenvalue weighted by atomic mass is 35.5. The van der Waals surface area contributed by atoms with E-state index in [1.807, 2.05) is 0 Å². The van der Waals surface area contributed by atoms with Crippen LogP contribution in [-0.4, -0.2) is 42.3 Å². The first-order valence-electron chi connectivity index (χ1n) is 4.71. The topological polar surface area (TPSA) is 58.6 Å². The van der Waals surface area contributed by atoms with Crippen molar-refractivity contribution in [2.24, 2.45) is 5.92 Å². The van der Waals surface area contributed by atoms with E-state index in [1.165, 1.54) is 0 Å². The van der Waals surface area contributed by atoms with Crippen LogP contribution < -0.4 is 5.32 Å². The van der Waals surface area contributed by atoms with E-state index in [0.29, 0.717) is 25.5 Å². The lowest BCUT2D eigenvalue weighted by Gasteiger charge is -2.21. The Morgan fingerprint density at radius 1 is 1.79 bits per heavy atom. The smallest absolute Gasteiger partial charge is 0.224 e. The van der Waals surface area contributed by atoms with Gasteiger partial charge in [-0.2, -0.15) is 0 Å². The molecule has 1 aliphatic heterocycles. The minimum absolute atomic E-state index is 0.125. The molecule has 0 aromatic carbocycles. The highest BCUT2D eigenvalue weighted by molar-refractivity contribution is 6.19. The van der Waals surface area contributed by atoms with Gasteiger partial charge in [-0.05, 0) is 0 Å². The van der Waals surface area contributed by atoms with E-state index in [0.717, 1.165) is 0 Å². The number of alkyl halides is 1. The molecule has 2 atom stereocenters. The van der Waals surface area contributed by atoms with Crippen LogP contribution >= 0.6 is 11.6 Å². The molecule has 1 saturated heterocycles. The molecule has 1 rings (SSSR count).